The van der Waals surface area contributed by atoms with Crippen LogP contribution in [0.1, 0.15) is 43.4 Å². The molecule has 2 atom stereocenters. The van der Waals surface area contributed by atoms with Gasteiger partial charge in [0.05, 0.1) is 5.69 Å². The standard InChI is InChI=1S/C14H17N3O2/c15-14-16-12-8(13(18)17-14)5-6-10-11(12)7-3-1-2-4-9(7)19-10/h7,9H,1-6H2,(H3,15,16,17,18). The summed E-state index contributed by atoms with van der Waals surface area (Å²) in [7, 11) is 0. The van der Waals surface area contributed by atoms with Gasteiger partial charge in [0.1, 0.15) is 11.9 Å². The molecule has 3 N–H and O–H groups in total. The molecule has 1 fully saturated rings. The minimum atomic E-state index is 0.0355. The summed E-state index contributed by atoms with van der Waals surface area (Å²) in [5, 5.41) is 9.96. The van der Waals surface area contributed by atoms with Gasteiger partial charge in [0.2, 0.25) is 11.8 Å². The molecular weight excluding hydrogens is 242 g/mol. The second-order valence-electron chi connectivity index (χ2n) is 5.62. The van der Waals surface area contributed by atoms with Crippen LogP contribution in [-0.4, -0.2) is 21.2 Å². The Morgan fingerprint density at radius 2 is 2.00 bits per heavy atom. The lowest BCUT2D eigenvalue weighted by Gasteiger charge is -2.26. The highest BCUT2D eigenvalue weighted by Gasteiger charge is 2.42. The summed E-state index contributed by atoms with van der Waals surface area (Å²) >= 11 is 0. The van der Waals surface area contributed by atoms with Gasteiger partial charge in [0.15, 0.2) is 0 Å². The Morgan fingerprint density at radius 1 is 1.16 bits per heavy atom. The number of rotatable bonds is 0. The maximum atomic E-state index is 9.96. The monoisotopic (exact) mass is 259 g/mol. The van der Waals surface area contributed by atoms with Gasteiger partial charge in [-0.05, 0) is 25.7 Å². The lowest BCUT2D eigenvalue weighted by atomic mass is 9.79. The number of allylic oxidation sites excluding steroid dienone is 1. The molecule has 1 aromatic heterocycles. The number of fused-ring (bicyclic) bond motifs is 4. The normalized spacial score (nSPS) is 28.4. The zero-order valence-corrected chi connectivity index (χ0v) is 10.7. The molecule has 0 spiro atoms. The Balaban J connectivity index is 1.85. The Labute approximate surface area is 111 Å². The summed E-state index contributed by atoms with van der Waals surface area (Å²) < 4.78 is 6.10. The van der Waals surface area contributed by atoms with Crippen molar-refractivity contribution >= 4 is 11.5 Å². The number of hydrogen-bond acceptors (Lipinski definition) is 5. The Morgan fingerprint density at radius 3 is 2.89 bits per heavy atom. The van der Waals surface area contributed by atoms with Crippen LogP contribution in [0.25, 0.3) is 5.57 Å². The third-order valence-electron chi connectivity index (χ3n) is 4.53. The van der Waals surface area contributed by atoms with E-state index in [0.717, 1.165) is 42.7 Å². The van der Waals surface area contributed by atoms with Crippen molar-refractivity contribution in [3.05, 3.63) is 17.0 Å². The van der Waals surface area contributed by atoms with Gasteiger partial charge in [-0.1, -0.05) is 6.42 Å². The molecule has 1 saturated carbocycles. The van der Waals surface area contributed by atoms with Crippen molar-refractivity contribution in [3.63, 3.8) is 0 Å². The van der Waals surface area contributed by atoms with Crippen molar-refractivity contribution in [1.29, 1.82) is 0 Å². The molecule has 2 aliphatic carbocycles. The van der Waals surface area contributed by atoms with Crippen LogP contribution in [0.4, 0.5) is 5.95 Å². The fourth-order valence-electron chi connectivity index (χ4n) is 3.70. The molecule has 4 rings (SSSR count). The Bertz CT molecular complexity index is 582. The largest absolute Gasteiger partial charge is 0.494 e. The third kappa shape index (κ3) is 1.54. The fourth-order valence-corrected chi connectivity index (χ4v) is 3.70. The summed E-state index contributed by atoms with van der Waals surface area (Å²) in [6.07, 6.45) is 6.64. The average Bonchev–Trinajstić information content (AvgIpc) is 2.77. The molecule has 0 amide bonds. The molecule has 2 heterocycles. The molecule has 1 aromatic rings. The number of nitrogens with zero attached hydrogens (tertiary/aromatic N) is 2. The number of ether oxygens (including phenoxy) is 1. The molecule has 3 aliphatic rings. The van der Waals surface area contributed by atoms with Crippen LogP contribution in [0.5, 0.6) is 5.88 Å². The fraction of sp³-hybridized carbons (Fsp3) is 0.571. The molecule has 19 heavy (non-hydrogen) atoms. The molecule has 0 aromatic carbocycles. The van der Waals surface area contributed by atoms with E-state index in [1.807, 2.05) is 0 Å². The van der Waals surface area contributed by atoms with Gasteiger partial charge in [-0.25, -0.2) is 4.98 Å². The maximum Gasteiger partial charge on any atom is 0.223 e. The lowest BCUT2D eigenvalue weighted by molar-refractivity contribution is 0.0793. The lowest BCUT2D eigenvalue weighted by Crippen LogP contribution is -2.23. The summed E-state index contributed by atoms with van der Waals surface area (Å²) in [6, 6.07) is 0. The summed E-state index contributed by atoms with van der Waals surface area (Å²) in [4.78, 5) is 8.24. The van der Waals surface area contributed by atoms with Gasteiger partial charge in [0, 0.05) is 23.5 Å². The van der Waals surface area contributed by atoms with Gasteiger partial charge >= 0.3 is 0 Å². The van der Waals surface area contributed by atoms with E-state index in [1.54, 1.807) is 0 Å². The van der Waals surface area contributed by atoms with E-state index in [1.165, 1.54) is 18.4 Å². The summed E-state index contributed by atoms with van der Waals surface area (Å²) in [5.41, 5.74) is 8.55. The summed E-state index contributed by atoms with van der Waals surface area (Å²) in [6.45, 7) is 0. The molecule has 0 radical (unpaired) electrons. The smallest absolute Gasteiger partial charge is 0.223 e. The van der Waals surface area contributed by atoms with Gasteiger partial charge in [-0.15, -0.1) is 0 Å². The van der Waals surface area contributed by atoms with Crippen molar-refractivity contribution in [1.82, 2.24) is 9.97 Å². The van der Waals surface area contributed by atoms with Crippen LogP contribution in [0, 0.1) is 5.92 Å². The Hall–Kier alpha value is -1.78. The quantitative estimate of drug-likeness (QED) is 0.745. The Kier molecular flexibility index (Phi) is 2.25. The zero-order chi connectivity index (χ0) is 13.0. The number of nitrogens with two attached hydrogens (primary N) is 1. The highest BCUT2D eigenvalue weighted by Crippen LogP contribution is 2.49. The minimum absolute atomic E-state index is 0.0355. The molecule has 0 bridgehead atoms. The van der Waals surface area contributed by atoms with Gasteiger partial charge < -0.3 is 15.6 Å². The minimum Gasteiger partial charge on any atom is -0.494 e. The van der Waals surface area contributed by atoms with Gasteiger partial charge in [0.25, 0.3) is 0 Å². The molecule has 5 heteroatoms. The van der Waals surface area contributed by atoms with E-state index < -0.39 is 0 Å². The van der Waals surface area contributed by atoms with Crippen LogP contribution in [-0.2, 0) is 11.2 Å². The highest BCUT2D eigenvalue weighted by molar-refractivity contribution is 5.74. The van der Waals surface area contributed by atoms with E-state index in [9.17, 15) is 5.11 Å². The average molecular weight is 259 g/mol. The first-order chi connectivity index (χ1) is 9.24. The van der Waals surface area contributed by atoms with E-state index >= 15 is 0 Å². The first kappa shape index (κ1) is 11.1. The molecule has 2 unspecified atom stereocenters. The van der Waals surface area contributed by atoms with E-state index in [-0.39, 0.29) is 11.8 Å². The molecule has 5 nitrogen and oxygen atoms in total. The maximum absolute atomic E-state index is 9.96. The van der Waals surface area contributed by atoms with Crippen LogP contribution >= 0.6 is 0 Å². The van der Waals surface area contributed by atoms with Crippen LogP contribution < -0.4 is 5.73 Å². The molecular formula is C14H17N3O2. The molecule has 100 valence electrons. The topological polar surface area (TPSA) is 81.3 Å². The van der Waals surface area contributed by atoms with Crippen molar-refractivity contribution in [2.24, 2.45) is 5.92 Å². The van der Waals surface area contributed by atoms with Crippen molar-refractivity contribution in [2.75, 3.05) is 5.73 Å². The molecule has 1 aliphatic heterocycles. The predicted molar refractivity (Wildman–Crippen MR) is 70.2 cm³/mol. The third-order valence-corrected chi connectivity index (χ3v) is 4.53. The van der Waals surface area contributed by atoms with Crippen LogP contribution in [0.15, 0.2) is 5.76 Å². The van der Waals surface area contributed by atoms with E-state index in [2.05, 4.69) is 9.97 Å². The predicted octanol–water partition coefficient (Wildman–Crippen LogP) is 2.01. The number of hydrogen-bond donors (Lipinski definition) is 2. The summed E-state index contributed by atoms with van der Waals surface area (Å²) in [5.74, 6) is 1.68. The number of aromatic hydroxyl groups is 1. The van der Waals surface area contributed by atoms with Crippen LogP contribution in [0.3, 0.4) is 0 Å². The second kappa shape index (κ2) is 3.85. The van der Waals surface area contributed by atoms with Crippen LogP contribution in [0.2, 0.25) is 0 Å². The number of aromatic nitrogens is 2. The van der Waals surface area contributed by atoms with E-state index in [0.29, 0.717) is 12.0 Å². The first-order valence-electron chi connectivity index (χ1n) is 6.99. The number of nitrogen functional groups attached to an aromatic ring is 1. The van der Waals surface area contributed by atoms with E-state index in [4.69, 9.17) is 10.5 Å². The highest BCUT2D eigenvalue weighted by atomic mass is 16.5. The van der Waals surface area contributed by atoms with Crippen molar-refractivity contribution in [2.45, 2.75) is 44.6 Å². The zero-order valence-electron chi connectivity index (χ0n) is 10.7. The number of anilines is 1. The van der Waals surface area contributed by atoms with Crippen molar-refractivity contribution in [3.8, 4) is 5.88 Å². The van der Waals surface area contributed by atoms with Gasteiger partial charge in [-0.2, -0.15) is 4.98 Å². The van der Waals surface area contributed by atoms with Gasteiger partial charge in [-0.3, -0.25) is 0 Å². The first-order valence-corrected chi connectivity index (χ1v) is 6.99. The van der Waals surface area contributed by atoms with Crippen molar-refractivity contribution < 1.29 is 9.84 Å². The SMILES string of the molecule is Nc1nc(O)c2c(n1)C1=C(CC2)OC2CCCCC12. The second-order valence-corrected chi connectivity index (χ2v) is 5.62. The molecule has 0 saturated heterocycles.